The van der Waals surface area contributed by atoms with Crippen molar-refractivity contribution in [2.24, 2.45) is 0 Å². The highest BCUT2D eigenvalue weighted by Crippen LogP contribution is 2.18. The van der Waals surface area contributed by atoms with Gasteiger partial charge in [0.2, 0.25) is 0 Å². The number of carbonyl (C=O) groups is 1. The molecule has 0 aromatic heterocycles. The summed E-state index contributed by atoms with van der Waals surface area (Å²) >= 11 is 0. The van der Waals surface area contributed by atoms with Crippen LogP contribution in [0.25, 0.3) is 0 Å². The van der Waals surface area contributed by atoms with Crippen molar-refractivity contribution in [3.05, 3.63) is 90.2 Å². The van der Waals surface area contributed by atoms with Gasteiger partial charge >= 0.3 is 0 Å². The van der Waals surface area contributed by atoms with E-state index in [4.69, 9.17) is 0 Å². The minimum absolute atomic E-state index is 0.0174. The van der Waals surface area contributed by atoms with Crippen molar-refractivity contribution in [1.82, 2.24) is 0 Å². The second kappa shape index (κ2) is 7.37. The second-order valence-corrected chi connectivity index (χ2v) is 7.11. The number of carbonyl (C=O) groups excluding carboxylic acids is 1. The van der Waals surface area contributed by atoms with Gasteiger partial charge in [-0.2, -0.15) is 0 Å². The Bertz CT molecular complexity index is 1020. The fourth-order valence-corrected chi connectivity index (χ4v) is 3.32. The van der Waals surface area contributed by atoms with Crippen LogP contribution in [0.4, 0.5) is 15.8 Å². The molecule has 7 heteroatoms. The lowest BCUT2D eigenvalue weighted by Gasteiger charge is -2.09. The molecule has 0 spiro atoms. The number of rotatable bonds is 5. The molecule has 0 atom stereocenters. The maximum absolute atomic E-state index is 13.6. The predicted octanol–water partition coefficient (Wildman–Crippen LogP) is 3.88. The second-order valence-electron chi connectivity index (χ2n) is 5.43. The summed E-state index contributed by atoms with van der Waals surface area (Å²) in [7, 11) is -3.76. The molecule has 0 aliphatic heterocycles. The van der Waals surface area contributed by atoms with Crippen LogP contribution in [0.2, 0.25) is 0 Å². The Morgan fingerprint density at radius 2 is 1.42 bits per heavy atom. The van der Waals surface area contributed by atoms with E-state index in [-0.39, 0.29) is 16.1 Å². The van der Waals surface area contributed by atoms with Crippen molar-refractivity contribution >= 4 is 27.3 Å². The molecule has 0 heterocycles. The summed E-state index contributed by atoms with van der Waals surface area (Å²) in [5.41, 5.74) is 0.709. The Balaban J connectivity index is 1.75. The van der Waals surface area contributed by atoms with E-state index in [9.17, 15) is 17.6 Å². The average Bonchev–Trinajstić information content (AvgIpc) is 2.64. The molecule has 0 unspecified atom stereocenters. The zero-order valence-electron chi connectivity index (χ0n) is 13.5. The SMILES string of the molecule is O=C(Nc1ccccc1F)c1ccc(S(=O)(=O)Nc2ccccc2)cc1. The third kappa shape index (κ3) is 4.07. The molecule has 0 bridgehead atoms. The first-order valence-corrected chi connectivity index (χ1v) is 9.18. The maximum atomic E-state index is 13.6. The molecule has 1 amide bonds. The zero-order chi connectivity index (χ0) is 18.6. The van der Waals surface area contributed by atoms with Crippen molar-refractivity contribution < 1.29 is 17.6 Å². The van der Waals surface area contributed by atoms with Gasteiger partial charge in [-0.05, 0) is 48.5 Å². The van der Waals surface area contributed by atoms with Gasteiger partial charge in [0.1, 0.15) is 5.82 Å². The molecule has 0 radical (unpaired) electrons. The molecule has 3 aromatic rings. The van der Waals surface area contributed by atoms with Crippen LogP contribution in [0.3, 0.4) is 0 Å². The fourth-order valence-electron chi connectivity index (χ4n) is 2.26. The molecule has 0 saturated heterocycles. The van der Waals surface area contributed by atoms with Crippen LogP contribution in [0.15, 0.2) is 83.8 Å². The Kier molecular flexibility index (Phi) is 4.99. The normalized spacial score (nSPS) is 11.0. The summed E-state index contributed by atoms with van der Waals surface area (Å²) in [5, 5.41) is 2.45. The van der Waals surface area contributed by atoms with Gasteiger partial charge in [-0.15, -0.1) is 0 Å². The van der Waals surface area contributed by atoms with Gasteiger partial charge in [0.15, 0.2) is 0 Å². The van der Waals surface area contributed by atoms with Crippen molar-refractivity contribution in [1.29, 1.82) is 0 Å². The predicted molar refractivity (Wildman–Crippen MR) is 98.0 cm³/mol. The number of hydrogen-bond acceptors (Lipinski definition) is 3. The van der Waals surface area contributed by atoms with E-state index in [0.717, 1.165) is 0 Å². The number of para-hydroxylation sites is 2. The number of sulfonamides is 1. The lowest BCUT2D eigenvalue weighted by molar-refractivity contribution is 0.102. The summed E-state index contributed by atoms with van der Waals surface area (Å²) < 4.78 is 40.8. The maximum Gasteiger partial charge on any atom is 0.261 e. The van der Waals surface area contributed by atoms with Crippen LogP contribution >= 0.6 is 0 Å². The minimum atomic E-state index is -3.76. The van der Waals surface area contributed by atoms with Crippen molar-refractivity contribution in [2.75, 3.05) is 10.0 Å². The molecule has 0 aliphatic carbocycles. The summed E-state index contributed by atoms with van der Waals surface area (Å²) in [6.07, 6.45) is 0. The summed E-state index contributed by atoms with van der Waals surface area (Å²) in [6, 6.07) is 19.7. The van der Waals surface area contributed by atoms with Gasteiger partial charge in [0.05, 0.1) is 10.6 Å². The third-order valence-corrected chi connectivity index (χ3v) is 4.97. The van der Waals surface area contributed by atoms with Gasteiger partial charge in [-0.1, -0.05) is 30.3 Å². The van der Waals surface area contributed by atoms with Gasteiger partial charge < -0.3 is 5.32 Å². The molecule has 2 N–H and O–H groups in total. The molecular formula is C19H15FN2O3S. The monoisotopic (exact) mass is 370 g/mol. The topological polar surface area (TPSA) is 75.3 Å². The standard InChI is InChI=1S/C19H15FN2O3S/c20-17-8-4-5-9-18(17)21-19(23)14-10-12-16(13-11-14)26(24,25)22-15-6-2-1-3-7-15/h1-13,22H,(H,21,23). The first-order chi connectivity index (χ1) is 12.5. The van der Waals surface area contributed by atoms with Crippen LogP contribution in [0.5, 0.6) is 0 Å². The Hall–Kier alpha value is -3.19. The molecule has 0 aliphatic rings. The Morgan fingerprint density at radius 1 is 0.808 bits per heavy atom. The van der Waals surface area contributed by atoms with Crippen molar-refractivity contribution in [2.45, 2.75) is 4.90 Å². The first-order valence-electron chi connectivity index (χ1n) is 7.69. The minimum Gasteiger partial charge on any atom is -0.319 e. The van der Waals surface area contributed by atoms with E-state index >= 15 is 0 Å². The third-order valence-electron chi connectivity index (χ3n) is 3.57. The number of hydrogen-bond donors (Lipinski definition) is 2. The quantitative estimate of drug-likeness (QED) is 0.716. The number of anilines is 2. The molecule has 0 saturated carbocycles. The fraction of sp³-hybridized carbons (Fsp3) is 0. The highest BCUT2D eigenvalue weighted by atomic mass is 32.2. The lowest BCUT2D eigenvalue weighted by Crippen LogP contribution is -2.15. The zero-order valence-corrected chi connectivity index (χ0v) is 14.3. The van der Waals surface area contributed by atoms with E-state index in [1.165, 1.54) is 42.5 Å². The number of benzene rings is 3. The van der Waals surface area contributed by atoms with Gasteiger partial charge in [-0.25, -0.2) is 12.8 Å². The summed E-state index contributed by atoms with van der Waals surface area (Å²) in [6.45, 7) is 0. The van der Waals surface area contributed by atoms with Crippen LogP contribution in [0, 0.1) is 5.82 Å². The molecule has 3 aromatic carbocycles. The van der Waals surface area contributed by atoms with E-state index < -0.39 is 21.7 Å². The van der Waals surface area contributed by atoms with E-state index in [2.05, 4.69) is 10.0 Å². The molecule has 0 fully saturated rings. The number of halogens is 1. The highest BCUT2D eigenvalue weighted by molar-refractivity contribution is 7.92. The molecular weight excluding hydrogens is 355 g/mol. The van der Waals surface area contributed by atoms with E-state index in [1.54, 1.807) is 36.4 Å². The lowest BCUT2D eigenvalue weighted by atomic mass is 10.2. The number of nitrogens with one attached hydrogen (secondary N) is 2. The highest BCUT2D eigenvalue weighted by Gasteiger charge is 2.15. The van der Waals surface area contributed by atoms with Crippen LogP contribution in [-0.4, -0.2) is 14.3 Å². The summed E-state index contributed by atoms with van der Waals surface area (Å²) in [5.74, 6) is -1.08. The van der Waals surface area contributed by atoms with Gasteiger partial charge in [-0.3, -0.25) is 9.52 Å². The van der Waals surface area contributed by atoms with Gasteiger partial charge in [0.25, 0.3) is 15.9 Å². The molecule has 132 valence electrons. The van der Waals surface area contributed by atoms with E-state index in [0.29, 0.717) is 5.69 Å². The molecule has 3 rings (SSSR count). The summed E-state index contributed by atoms with van der Waals surface area (Å²) in [4.78, 5) is 12.2. The van der Waals surface area contributed by atoms with E-state index in [1.807, 2.05) is 0 Å². The van der Waals surface area contributed by atoms with Crippen LogP contribution < -0.4 is 10.0 Å². The average molecular weight is 370 g/mol. The van der Waals surface area contributed by atoms with Crippen molar-refractivity contribution in [3.8, 4) is 0 Å². The first kappa shape index (κ1) is 17.6. The smallest absolute Gasteiger partial charge is 0.261 e. The van der Waals surface area contributed by atoms with Crippen LogP contribution in [0.1, 0.15) is 10.4 Å². The molecule has 26 heavy (non-hydrogen) atoms. The number of amides is 1. The Labute approximate surface area is 150 Å². The molecule has 5 nitrogen and oxygen atoms in total. The van der Waals surface area contributed by atoms with Gasteiger partial charge in [0, 0.05) is 11.3 Å². The largest absolute Gasteiger partial charge is 0.319 e. The Morgan fingerprint density at radius 3 is 2.08 bits per heavy atom. The van der Waals surface area contributed by atoms with Crippen LogP contribution in [-0.2, 0) is 10.0 Å². The van der Waals surface area contributed by atoms with Crippen molar-refractivity contribution in [3.63, 3.8) is 0 Å².